The molecule has 0 N–H and O–H groups in total. The quantitative estimate of drug-likeness (QED) is 0.610. The first-order valence-electron chi connectivity index (χ1n) is 6.17. The predicted octanol–water partition coefficient (Wildman–Crippen LogP) is 5.15. The monoisotopic (exact) mass is 320 g/mol. The van der Waals surface area contributed by atoms with E-state index in [-0.39, 0.29) is 5.02 Å². The molecule has 1 aromatic heterocycles. The number of halogens is 2. The molecule has 0 fully saturated rings. The molecule has 1 heterocycles. The Bertz CT molecular complexity index is 841. The lowest BCUT2D eigenvalue weighted by Crippen LogP contribution is -2.00. The van der Waals surface area contributed by atoms with Gasteiger partial charge in [-0.2, -0.15) is 0 Å². The number of thiophene rings is 1. The molecule has 106 valence electrons. The number of benzene rings is 2. The molecule has 0 radical (unpaired) electrons. The van der Waals surface area contributed by atoms with E-state index in [0.29, 0.717) is 10.4 Å². The Morgan fingerprint density at radius 3 is 2.71 bits per heavy atom. The van der Waals surface area contributed by atoms with Crippen LogP contribution in [-0.4, -0.2) is 13.1 Å². The van der Waals surface area contributed by atoms with Crippen molar-refractivity contribution in [2.45, 2.75) is 0 Å². The second kappa shape index (κ2) is 5.47. The Morgan fingerprint density at radius 2 is 2.00 bits per heavy atom. The first kappa shape index (κ1) is 14.0. The number of ether oxygens (including phenoxy) is 1. The highest BCUT2D eigenvalue weighted by molar-refractivity contribution is 7.21. The Kier molecular flexibility index (Phi) is 3.66. The van der Waals surface area contributed by atoms with Gasteiger partial charge >= 0.3 is 5.97 Å². The van der Waals surface area contributed by atoms with E-state index >= 15 is 0 Å². The van der Waals surface area contributed by atoms with Crippen LogP contribution in [0.5, 0.6) is 0 Å². The summed E-state index contributed by atoms with van der Waals surface area (Å²) in [5.41, 5.74) is 1.42. The van der Waals surface area contributed by atoms with Gasteiger partial charge < -0.3 is 4.74 Å². The molecule has 2 nitrogen and oxygen atoms in total. The predicted molar refractivity (Wildman–Crippen MR) is 83.6 cm³/mol. The van der Waals surface area contributed by atoms with Gasteiger partial charge in [0.05, 0.1) is 12.1 Å². The summed E-state index contributed by atoms with van der Waals surface area (Å²) in [5, 5.41) is 0.948. The Labute approximate surface area is 129 Å². The third kappa shape index (κ3) is 2.41. The van der Waals surface area contributed by atoms with Crippen LogP contribution in [-0.2, 0) is 4.74 Å². The van der Waals surface area contributed by atoms with Gasteiger partial charge in [0.15, 0.2) is 0 Å². The summed E-state index contributed by atoms with van der Waals surface area (Å²) in [6.07, 6.45) is 0. The highest BCUT2D eigenvalue weighted by Gasteiger charge is 2.20. The number of hydrogen-bond donors (Lipinski definition) is 0. The van der Waals surface area contributed by atoms with Gasteiger partial charge in [-0.1, -0.05) is 35.9 Å². The average molecular weight is 321 g/mol. The minimum atomic E-state index is -0.487. The molecular weight excluding hydrogens is 311 g/mol. The van der Waals surface area contributed by atoms with Gasteiger partial charge in [-0.3, -0.25) is 0 Å². The number of carbonyl (C=O) groups excluding carboxylic acids is 1. The van der Waals surface area contributed by atoms with Crippen LogP contribution in [0.2, 0.25) is 5.02 Å². The van der Waals surface area contributed by atoms with Crippen LogP contribution < -0.4 is 0 Å². The zero-order valence-corrected chi connectivity index (χ0v) is 12.6. The summed E-state index contributed by atoms with van der Waals surface area (Å²) in [7, 11) is 1.34. The molecule has 0 bridgehead atoms. The van der Waals surface area contributed by atoms with Crippen LogP contribution in [0.3, 0.4) is 0 Å². The summed E-state index contributed by atoms with van der Waals surface area (Å²) >= 11 is 7.21. The third-order valence-electron chi connectivity index (χ3n) is 3.17. The van der Waals surface area contributed by atoms with E-state index in [1.54, 1.807) is 6.07 Å². The lowest BCUT2D eigenvalue weighted by Gasteiger charge is -2.05. The number of esters is 1. The fraction of sp³-hybridized carbons (Fsp3) is 0.0625. The van der Waals surface area contributed by atoms with E-state index in [1.807, 2.05) is 24.3 Å². The topological polar surface area (TPSA) is 26.3 Å². The van der Waals surface area contributed by atoms with Crippen LogP contribution in [0.15, 0.2) is 42.5 Å². The van der Waals surface area contributed by atoms with Crippen LogP contribution in [0.1, 0.15) is 9.67 Å². The van der Waals surface area contributed by atoms with Gasteiger partial charge in [0.25, 0.3) is 0 Å². The standard InChI is InChI=1S/C16H10ClFO2S/c1-20-16(19)15-14(9-6-7-12(18)11(17)8-9)10-4-2-3-5-13(10)21-15/h2-8H,1H3. The van der Waals surface area contributed by atoms with E-state index in [0.717, 1.165) is 15.6 Å². The zero-order chi connectivity index (χ0) is 15.0. The number of hydrogen-bond acceptors (Lipinski definition) is 3. The van der Waals surface area contributed by atoms with Crippen molar-refractivity contribution in [2.75, 3.05) is 7.11 Å². The number of rotatable bonds is 2. The van der Waals surface area contributed by atoms with E-state index in [1.165, 1.54) is 30.6 Å². The van der Waals surface area contributed by atoms with Gasteiger partial charge in [-0.15, -0.1) is 11.3 Å². The van der Waals surface area contributed by atoms with E-state index < -0.39 is 11.8 Å². The van der Waals surface area contributed by atoms with Crippen molar-refractivity contribution in [2.24, 2.45) is 0 Å². The fourth-order valence-corrected chi connectivity index (χ4v) is 3.54. The molecule has 2 aromatic carbocycles. The second-order valence-corrected chi connectivity index (χ2v) is 5.88. The largest absolute Gasteiger partial charge is 0.465 e. The first-order chi connectivity index (χ1) is 10.1. The maximum absolute atomic E-state index is 13.4. The van der Waals surface area contributed by atoms with Crippen LogP contribution in [0, 0.1) is 5.82 Å². The zero-order valence-electron chi connectivity index (χ0n) is 11.0. The number of methoxy groups -OCH3 is 1. The molecular formula is C16H10ClFO2S. The summed E-state index contributed by atoms with van der Waals surface area (Å²) in [4.78, 5) is 12.5. The first-order valence-corrected chi connectivity index (χ1v) is 7.36. The van der Waals surface area contributed by atoms with E-state index in [9.17, 15) is 9.18 Å². The average Bonchev–Trinajstić information content (AvgIpc) is 2.88. The van der Waals surface area contributed by atoms with Crippen LogP contribution in [0.25, 0.3) is 21.2 Å². The van der Waals surface area contributed by atoms with Crippen LogP contribution >= 0.6 is 22.9 Å². The number of fused-ring (bicyclic) bond motifs is 1. The smallest absolute Gasteiger partial charge is 0.348 e. The van der Waals surface area contributed by atoms with Gasteiger partial charge in [0, 0.05) is 15.6 Å². The Balaban J connectivity index is 2.33. The van der Waals surface area contributed by atoms with Gasteiger partial charge in [0.2, 0.25) is 0 Å². The molecule has 0 saturated heterocycles. The molecule has 3 rings (SSSR count). The molecule has 0 aliphatic carbocycles. The summed E-state index contributed by atoms with van der Waals surface area (Å²) in [5.74, 6) is -0.897. The Morgan fingerprint density at radius 1 is 1.24 bits per heavy atom. The molecule has 3 aromatic rings. The van der Waals surface area contributed by atoms with E-state index in [4.69, 9.17) is 16.3 Å². The third-order valence-corrected chi connectivity index (χ3v) is 4.62. The molecule has 0 aliphatic rings. The maximum atomic E-state index is 13.4. The highest BCUT2D eigenvalue weighted by atomic mass is 35.5. The molecule has 0 saturated carbocycles. The Hall–Kier alpha value is -1.91. The van der Waals surface area contributed by atoms with Gasteiger partial charge in [-0.25, -0.2) is 9.18 Å². The highest BCUT2D eigenvalue weighted by Crippen LogP contribution is 2.40. The minimum absolute atomic E-state index is 0.0265. The van der Waals surface area contributed by atoms with E-state index in [2.05, 4.69) is 0 Å². The summed E-state index contributed by atoms with van der Waals surface area (Å²) < 4.78 is 19.2. The fourth-order valence-electron chi connectivity index (χ4n) is 2.22. The SMILES string of the molecule is COC(=O)c1sc2ccccc2c1-c1ccc(F)c(Cl)c1. The summed E-state index contributed by atoms with van der Waals surface area (Å²) in [6.45, 7) is 0. The van der Waals surface area contributed by atoms with Gasteiger partial charge in [-0.05, 0) is 23.8 Å². The normalized spacial score (nSPS) is 10.8. The molecule has 0 atom stereocenters. The lowest BCUT2D eigenvalue weighted by atomic mass is 10.0. The maximum Gasteiger partial charge on any atom is 0.348 e. The van der Waals surface area contributed by atoms with Crippen molar-refractivity contribution in [1.29, 1.82) is 0 Å². The van der Waals surface area contributed by atoms with Crippen molar-refractivity contribution in [3.63, 3.8) is 0 Å². The molecule has 0 spiro atoms. The molecule has 5 heteroatoms. The van der Waals surface area contributed by atoms with Crippen molar-refractivity contribution in [3.8, 4) is 11.1 Å². The minimum Gasteiger partial charge on any atom is -0.465 e. The van der Waals surface area contributed by atoms with Crippen molar-refractivity contribution >= 4 is 39.0 Å². The van der Waals surface area contributed by atoms with Crippen molar-refractivity contribution in [3.05, 3.63) is 58.2 Å². The summed E-state index contributed by atoms with van der Waals surface area (Å²) in [6, 6.07) is 12.1. The molecule has 21 heavy (non-hydrogen) atoms. The molecule has 0 aliphatic heterocycles. The van der Waals surface area contributed by atoms with Crippen molar-refractivity contribution < 1.29 is 13.9 Å². The van der Waals surface area contributed by atoms with Crippen LogP contribution in [0.4, 0.5) is 4.39 Å². The van der Waals surface area contributed by atoms with Gasteiger partial charge in [0.1, 0.15) is 10.7 Å². The lowest BCUT2D eigenvalue weighted by molar-refractivity contribution is 0.0607. The van der Waals surface area contributed by atoms with Crippen molar-refractivity contribution in [1.82, 2.24) is 0 Å². The molecule has 0 unspecified atom stereocenters. The molecule has 0 amide bonds. The second-order valence-electron chi connectivity index (χ2n) is 4.42. The number of carbonyl (C=O) groups is 1.